The second-order valence-electron chi connectivity index (χ2n) is 19.1. The number of alkyl carbamates (subject to hydrolysis) is 2. The molecule has 16 nitrogen and oxygen atoms in total. The molecule has 0 unspecified atom stereocenters. The summed E-state index contributed by atoms with van der Waals surface area (Å²) in [5.74, 6) is 2.14. The Hall–Kier alpha value is -8.88. The topological polar surface area (TPSA) is 198 Å². The van der Waals surface area contributed by atoms with Crippen LogP contribution in [-0.4, -0.2) is 82.4 Å². The van der Waals surface area contributed by atoms with Crippen LogP contribution in [0.3, 0.4) is 0 Å². The molecule has 8 aromatic rings. The molecule has 0 saturated heterocycles. The minimum absolute atomic E-state index is 0.0713. The Bertz CT molecular complexity index is 3140. The molecule has 0 fully saturated rings. The summed E-state index contributed by atoms with van der Waals surface area (Å²) in [7, 11) is 4.93. The summed E-state index contributed by atoms with van der Waals surface area (Å²) in [6.07, 6.45) is -3.12. The van der Waals surface area contributed by atoms with Gasteiger partial charge in [0.25, 0.3) is 0 Å². The molecule has 0 aliphatic rings. The van der Waals surface area contributed by atoms with Crippen molar-refractivity contribution < 1.29 is 62.1 Å². The molecule has 0 atom stereocenters. The van der Waals surface area contributed by atoms with Crippen LogP contribution in [0.25, 0.3) is 0 Å². The Morgan fingerprint density at radius 1 is 0.447 bits per heavy atom. The van der Waals surface area contributed by atoms with E-state index in [1.165, 1.54) is 21.0 Å². The molecule has 19 heteroatoms. The van der Waals surface area contributed by atoms with E-state index >= 15 is 0 Å². The number of ether oxygens (including phenoxy) is 8. The van der Waals surface area contributed by atoms with Crippen LogP contribution in [0.1, 0.15) is 57.3 Å². The van der Waals surface area contributed by atoms with E-state index in [1.807, 2.05) is 121 Å². The lowest BCUT2D eigenvalue weighted by Crippen LogP contribution is -2.60. The highest BCUT2D eigenvalue weighted by molar-refractivity contribution is 8.00. The molecular weight excluding hydrogens is 1120 g/mol. The van der Waals surface area contributed by atoms with Crippen molar-refractivity contribution in [2.24, 2.45) is 0 Å². The summed E-state index contributed by atoms with van der Waals surface area (Å²) in [5, 5.41) is 17.6. The fourth-order valence-electron chi connectivity index (χ4n) is 9.51. The molecule has 0 spiro atoms. The van der Waals surface area contributed by atoms with Gasteiger partial charge in [-0.2, -0.15) is 0 Å². The van der Waals surface area contributed by atoms with Crippen molar-refractivity contribution in [3.05, 3.63) is 251 Å². The average Bonchev–Trinajstić information content (AvgIpc) is 1.68. The zero-order valence-electron chi connectivity index (χ0n) is 47.7. The monoisotopic (exact) mass is 1180 g/mol. The van der Waals surface area contributed by atoms with Crippen LogP contribution >= 0.6 is 23.5 Å². The van der Waals surface area contributed by atoms with Gasteiger partial charge in [0.2, 0.25) is 0 Å². The van der Waals surface area contributed by atoms with Gasteiger partial charge in [-0.15, -0.1) is 23.5 Å². The predicted molar refractivity (Wildman–Crippen MR) is 330 cm³/mol. The molecule has 2 amide bonds. The molecule has 0 radical (unpaired) electrons. The summed E-state index contributed by atoms with van der Waals surface area (Å²) in [4.78, 5) is 53.1. The van der Waals surface area contributed by atoms with Gasteiger partial charge < -0.3 is 42.9 Å². The second kappa shape index (κ2) is 30.6. The zero-order valence-corrected chi connectivity index (χ0v) is 49.3. The molecule has 8 aromatic carbocycles. The number of carbonyl (C=O) groups excluding carboxylic acids is 4. The van der Waals surface area contributed by atoms with Gasteiger partial charge in [0.15, 0.2) is 29.3 Å². The molecule has 4 N–H and O–H groups in total. The number of hydrogen-bond acceptors (Lipinski definition) is 16. The average molecular weight is 1180 g/mol. The molecule has 0 aliphatic heterocycles. The maximum atomic E-state index is 13.5. The number of amides is 2. The van der Waals surface area contributed by atoms with Gasteiger partial charge in [0.1, 0.15) is 24.7 Å². The lowest BCUT2D eigenvalue weighted by Gasteiger charge is -2.35. The number of nitrogens with one attached hydrogen (secondary N) is 3. The van der Waals surface area contributed by atoms with Gasteiger partial charge in [0, 0.05) is 11.5 Å². The Morgan fingerprint density at radius 3 is 1.08 bits per heavy atom. The van der Waals surface area contributed by atoms with Gasteiger partial charge in [0.05, 0.1) is 50.8 Å². The summed E-state index contributed by atoms with van der Waals surface area (Å²) in [6.45, 7) is 0.902. The van der Waals surface area contributed by atoms with E-state index in [-0.39, 0.29) is 49.1 Å². The Labute approximate surface area is 504 Å². The van der Waals surface area contributed by atoms with E-state index in [4.69, 9.17) is 37.9 Å². The highest BCUT2D eigenvalue weighted by Gasteiger charge is 2.39. The molecule has 0 aliphatic carbocycles. The van der Waals surface area contributed by atoms with Crippen molar-refractivity contribution in [2.75, 3.05) is 39.9 Å². The van der Waals surface area contributed by atoms with Gasteiger partial charge in [-0.1, -0.05) is 158 Å². The smallest absolute Gasteiger partial charge is 0.410 e. The number of rotatable bonds is 28. The number of benzene rings is 8. The molecular formula is C66H66BN3O13S2. The Kier molecular flexibility index (Phi) is 22.4. The van der Waals surface area contributed by atoms with Crippen LogP contribution in [0.4, 0.5) is 9.59 Å². The first kappa shape index (κ1) is 62.2. The van der Waals surface area contributed by atoms with E-state index in [2.05, 4.69) is 64.4 Å². The summed E-state index contributed by atoms with van der Waals surface area (Å²) < 4.78 is 43.3. The summed E-state index contributed by atoms with van der Waals surface area (Å²) in [5.41, 5.74) is 7.21. The molecule has 0 aromatic heterocycles. The lowest BCUT2D eigenvalue weighted by atomic mass is 9.84. The van der Waals surface area contributed by atoms with Crippen molar-refractivity contribution >= 4 is 54.7 Å². The molecule has 0 bridgehead atoms. The molecule has 438 valence electrons. The highest BCUT2D eigenvalue weighted by atomic mass is 32.2. The minimum atomic E-state index is -1.34. The molecule has 8 rings (SSSR count). The van der Waals surface area contributed by atoms with Crippen molar-refractivity contribution in [3.63, 3.8) is 0 Å². The fraction of sp³-hybridized carbons (Fsp3) is 0.212. The van der Waals surface area contributed by atoms with Crippen molar-refractivity contribution in [1.82, 2.24) is 15.9 Å². The number of methoxy groups -OCH3 is 4. The van der Waals surface area contributed by atoms with E-state index in [0.29, 0.717) is 22.6 Å². The van der Waals surface area contributed by atoms with Crippen LogP contribution in [-0.2, 0) is 41.8 Å². The van der Waals surface area contributed by atoms with Gasteiger partial charge in [-0.25, -0.2) is 9.59 Å². The predicted octanol–water partition coefficient (Wildman–Crippen LogP) is 11.9. The van der Waals surface area contributed by atoms with Gasteiger partial charge in [-0.3, -0.25) is 25.5 Å². The van der Waals surface area contributed by atoms with E-state index in [0.717, 1.165) is 44.9 Å². The maximum Gasteiger partial charge on any atom is 0.410 e. The summed E-state index contributed by atoms with van der Waals surface area (Å²) >= 11 is 3.25. The molecule has 0 saturated carbocycles. The van der Waals surface area contributed by atoms with Crippen molar-refractivity contribution in [3.8, 4) is 34.5 Å². The number of hydrogen-bond donors (Lipinski definition) is 4. The normalized spacial score (nSPS) is 11.2. The maximum absolute atomic E-state index is 13.5. The number of carbonyl (C=O) groups is 4. The van der Waals surface area contributed by atoms with Crippen LogP contribution in [0.15, 0.2) is 206 Å². The zero-order chi connectivity index (χ0) is 60.0. The SMILES string of the molecule is COc1ccc(C(SCCC(=O)Oc2ccc(COC(=O)NC(NB(C)O)NC(=O)OCc3ccc(OC(=O)CCSC(c4ccccc4)(c4ccccc4)c4ccc(OC)cc4)c(OC)c3)cc2OC)(c2ccccc2)c2ccccc2)cc1. The van der Waals surface area contributed by atoms with Crippen LogP contribution in [0.5, 0.6) is 34.5 Å². The van der Waals surface area contributed by atoms with Gasteiger partial charge >= 0.3 is 31.2 Å². The quantitative estimate of drug-likeness (QED) is 0.0119. The van der Waals surface area contributed by atoms with E-state index in [9.17, 15) is 24.2 Å². The number of esters is 2. The first-order valence-electron chi connectivity index (χ1n) is 27.2. The van der Waals surface area contributed by atoms with Crippen molar-refractivity contribution in [1.29, 1.82) is 0 Å². The Balaban J connectivity index is 0.819. The Morgan fingerprint density at radius 2 is 0.776 bits per heavy atom. The van der Waals surface area contributed by atoms with E-state index < -0.39 is 47.0 Å². The van der Waals surface area contributed by atoms with Crippen molar-refractivity contribution in [2.45, 2.75) is 48.7 Å². The van der Waals surface area contributed by atoms with Crippen LogP contribution in [0, 0.1) is 0 Å². The number of thioether (sulfide) groups is 2. The highest BCUT2D eigenvalue weighted by Crippen LogP contribution is 2.50. The standard InChI is InChI=1S/C66H66BN3O13S2/c1-67(75)70-62(68-63(73)80-44-46-26-36-56(58(42-46)78-4)82-60(71)38-40-84-65(48-18-10-6-11-19-48,49-20-12-7-13-21-49)52-28-32-54(76-2)33-29-52)69-64(74)81-45-47-27-37-57(59(43-47)79-5)83-61(72)39-41-85-66(50-22-14-8-15-23-50,51-24-16-9-17-25-51)53-30-34-55(77-3)35-31-53/h6-37,42-43,62,70,75H,38-41,44-45H2,1-5H3,(H,68,73)(H,69,74). The third kappa shape index (κ3) is 16.3. The fourth-order valence-corrected chi connectivity index (χ4v) is 12.5. The van der Waals surface area contributed by atoms with Gasteiger partial charge in [-0.05, 0) is 99.9 Å². The molecule has 0 heterocycles. The second-order valence-corrected chi connectivity index (χ2v) is 21.7. The molecule has 85 heavy (non-hydrogen) atoms. The lowest BCUT2D eigenvalue weighted by molar-refractivity contribution is -0.134. The van der Waals surface area contributed by atoms with Crippen LogP contribution in [0.2, 0.25) is 6.82 Å². The third-order valence-corrected chi connectivity index (χ3v) is 16.6. The minimum Gasteiger partial charge on any atom is -0.497 e. The first-order valence-corrected chi connectivity index (χ1v) is 29.2. The van der Waals surface area contributed by atoms with E-state index in [1.54, 1.807) is 74.1 Å². The third-order valence-electron chi connectivity index (χ3n) is 13.5. The summed E-state index contributed by atoms with van der Waals surface area (Å²) in [6, 6.07) is 66.0. The largest absolute Gasteiger partial charge is 0.497 e. The first-order chi connectivity index (χ1) is 41.4. The van der Waals surface area contributed by atoms with Crippen LogP contribution < -0.4 is 44.3 Å².